The number of nitrogens with one attached hydrogen (secondary N) is 2. The first-order chi connectivity index (χ1) is 9.60. The summed E-state index contributed by atoms with van der Waals surface area (Å²) >= 11 is 3.47. The predicted octanol–water partition coefficient (Wildman–Crippen LogP) is 3.20. The van der Waals surface area contributed by atoms with Crippen LogP contribution >= 0.6 is 28.3 Å². The first-order valence-corrected chi connectivity index (χ1v) is 7.75. The molecular weight excluding hydrogens is 356 g/mol. The Labute approximate surface area is 140 Å². The number of carbonyl (C=O) groups excluding carboxylic acids is 1. The summed E-state index contributed by atoms with van der Waals surface area (Å²) in [6.07, 6.45) is 2.82. The van der Waals surface area contributed by atoms with E-state index in [1.807, 2.05) is 25.1 Å². The summed E-state index contributed by atoms with van der Waals surface area (Å²) in [7, 11) is 1.64. The summed E-state index contributed by atoms with van der Waals surface area (Å²) in [6, 6.07) is 6.19. The monoisotopic (exact) mass is 376 g/mol. The van der Waals surface area contributed by atoms with E-state index in [4.69, 9.17) is 4.74 Å². The summed E-state index contributed by atoms with van der Waals surface area (Å²) in [5.41, 5.74) is 1.06. The van der Waals surface area contributed by atoms with Gasteiger partial charge in [-0.25, -0.2) is 0 Å². The average Bonchev–Trinajstić information content (AvgIpc) is 2.91. The van der Waals surface area contributed by atoms with Crippen molar-refractivity contribution < 1.29 is 9.53 Å². The summed E-state index contributed by atoms with van der Waals surface area (Å²) in [5.74, 6) is 0.895. The van der Waals surface area contributed by atoms with Gasteiger partial charge in [-0.3, -0.25) is 4.79 Å². The molecule has 2 unspecified atom stereocenters. The lowest BCUT2D eigenvalue weighted by Crippen LogP contribution is -2.33. The van der Waals surface area contributed by atoms with Crippen molar-refractivity contribution in [1.29, 1.82) is 0 Å². The maximum absolute atomic E-state index is 12.0. The quantitative estimate of drug-likeness (QED) is 0.828. The van der Waals surface area contributed by atoms with Gasteiger partial charge in [0, 0.05) is 12.5 Å². The molecule has 1 heterocycles. The second-order valence-electron chi connectivity index (χ2n) is 5.18. The van der Waals surface area contributed by atoms with Crippen LogP contribution in [-0.2, 0) is 4.79 Å². The van der Waals surface area contributed by atoms with Crippen molar-refractivity contribution in [2.75, 3.05) is 13.7 Å². The smallest absolute Gasteiger partial charge is 0.222 e. The third-order valence-electron chi connectivity index (χ3n) is 3.65. The van der Waals surface area contributed by atoms with Crippen molar-refractivity contribution in [3.63, 3.8) is 0 Å². The summed E-state index contributed by atoms with van der Waals surface area (Å²) < 4.78 is 6.11. The Hall–Kier alpha value is -0.780. The molecule has 1 aliphatic heterocycles. The second kappa shape index (κ2) is 8.61. The highest BCUT2D eigenvalue weighted by Gasteiger charge is 2.19. The number of ether oxygens (including phenoxy) is 1. The van der Waals surface area contributed by atoms with E-state index in [-0.39, 0.29) is 24.4 Å². The van der Waals surface area contributed by atoms with Gasteiger partial charge in [0.1, 0.15) is 5.75 Å². The Balaban J connectivity index is 0.00000220. The van der Waals surface area contributed by atoms with Crippen LogP contribution in [0, 0.1) is 0 Å². The zero-order chi connectivity index (χ0) is 14.5. The molecule has 1 aliphatic rings. The van der Waals surface area contributed by atoms with Crippen molar-refractivity contribution in [2.24, 2.45) is 0 Å². The molecule has 0 aromatic heterocycles. The predicted molar refractivity (Wildman–Crippen MR) is 90.1 cm³/mol. The topological polar surface area (TPSA) is 50.4 Å². The second-order valence-corrected chi connectivity index (χ2v) is 6.03. The van der Waals surface area contributed by atoms with Gasteiger partial charge in [-0.15, -0.1) is 12.4 Å². The van der Waals surface area contributed by atoms with E-state index < -0.39 is 0 Å². The molecule has 1 aromatic rings. The van der Waals surface area contributed by atoms with Gasteiger partial charge in [0.2, 0.25) is 5.91 Å². The van der Waals surface area contributed by atoms with Gasteiger partial charge >= 0.3 is 0 Å². The molecule has 2 rings (SSSR count). The number of halogens is 2. The Kier molecular flexibility index (Phi) is 7.49. The van der Waals surface area contributed by atoms with Gasteiger partial charge in [0.15, 0.2) is 0 Å². The summed E-state index contributed by atoms with van der Waals surface area (Å²) in [6.45, 7) is 3.02. The first-order valence-electron chi connectivity index (χ1n) is 6.96. The highest BCUT2D eigenvalue weighted by molar-refractivity contribution is 9.10. The lowest BCUT2D eigenvalue weighted by molar-refractivity contribution is -0.122. The van der Waals surface area contributed by atoms with Crippen molar-refractivity contribution in [1.82, 2.24) is 10.6 Å². The fourth-order valence-corrected chi connectivity index (χ4v) is 3.05. The molecule has 0 radical (unpaired) electrons. The number of benzene rings is 1. The normalized spacial score (nSPS) is 18.7. The molecule has 2 N–H and O–H groups in total. The van der Waals surface area contributed by atoms with Crippen LogP contribution in [0.25, 0.3) is 0 Å². The largest absolute Gasteiger partial charge is 0.496 e. The molecule has 0 bridgehead atoms. The van der Waals surface area contributed by atoms with Crippen LogP contribution < -0.4 is 15.4 Å². The van der Waals surface area contributed by atoms with Crippen LogP contribution in [-0.4, -0.2) is 25.6 Å². The van der Waals surface area contributed by atoms with Crippen LogP contribution in [0.2, 0.25) is 0 Å². The molecule has 1 aromatic carbocycles. The van der Waals surface area contributed by atoms with Gasteiger partial charge in [0.25, 0.3) is 0 Å². The van der Waals surface area contributed by atoms with Crippen LogP contribution in [0.4, 0.5) is 0 Å². The SMILES string of the molecule is COc1ccc(C(C)NC(=O)CC2CCCN2)cc1Br.Cl. The molecule has 1 fully saturated rings. The molecule has 118 valence electrons. The van der Waals surface area contributed by atoms with Crippen molar-refractivity contribution in [3.05, 3.63) is 28.2 Å². The van der Waals surface area contributed by atoms with Crippen LogP contribution in [0.1, 0.15) is 37.8 Å². The van der Waals surface area contributed by atoms with Gasteiger partial charge in [-0.05, 0) is 59.9 Å². The van der Waals surface area contributed by atoms with E-state index in [1.165, 1.54) is 6.42 Å². The number of rotatable bonds is 5. The van der Waals surface area contributed by atoms with Crippen LogP contribution in [0.5, 0.6) is 5.75 Å². The molecule has 0 spiro atoms. The van der Waals surface area contributed by atoms with Crippen LogP contribution in [0.15, 0.2) is 22.7 Å². The zero-order valence-corrected chi connectivity index (χ0v) is 14.7. The zero-order valence-electron chi connectivity index (χ0n) is 12.3. The molecule has 21 heavy (non-hydrogen) atoms. The highest BCUT2D eigenvalue weighted by Crippen LogP contribution is 2.28. The average molecular weight is 378 g/mol. The molecule has 0 aliphatic carbocycles. The van der Waals surface area contributed by atoms with Gasteiger partial charge in [-0.2, -0.15) is 0 Å². The Bertz CT molecular complexity index is 479. The van der Waals surface area contributed by atoms with Gasteiger partial charge < -0.3 is 15.4 Å². The minimum atomic E-state index is -0.00823. The van der Waals surface area contributed by atoms with Gasteiger partial charge in [0.05, 0.1) is 17.6 Å². The molecule has 6 heteroatoms. The fourth-order valence-electron chi connectivity index (χ4n) is 2.49. The maximum atomic E-state index is 12.0. The summed E-state index contributed by atoms with van der Waals surface area (Å²) in [4.78, 5) is 12.0. The van der Waals surface area contributed by atoms with E-state index in [2.05, 4.69) is 26.6 Å². The van der Waals surface area contributed by atoms with Crippen molar-refractivity contribution >= 4 is 34.2 Å². The Morgan fingerprint density at radius 3 is 2.90 bits per heavy atom. The number of carbonyl (C=O) groups is 1. The Morgan fingerprint density at radius 2 is 2.33 bits per heavy atom. The van der Waals surface area contributed by atoms with Gasteiger partial charge in [-0.1, -0.05) is 6.07 Å². The molecule has 0 saturated carbocycles. The highest BCUT2D eigenvalue weighted by atomic mass is 79.9. The molecular formula is C15H22BrClN2O2. The number of hydrogen-bond donors (Lipinski definition) is 2. The molecule has 1 amide bonds. The number of methoxy groups -OCH3 is 1. The lowest BCUT2D eigenvalue weighted by Gasteiger charge is -2.17. The summed E-state index contributed by atoms with van der Waals surface area (Å²) in [5, 5.41) is 6.39. The maximum Gasteiger partial charge on any atom is 0.222 e. The van der Waals surface area contributed by atoms with Crippen molar-refractivity contribution in [3.8, 4) is 5.75 Å². The molecule has 1 saturated heterocycles. The fraction of sp³-hybridized carbons (Fsp3) is 0.533. The third kappa shape index (κ3) is 5.16. The Morgan fingerprint density at radius 1 is 1.57 bits per heavy atom. The van der Waals surface area contributed by atoms with E-state index in [1.54, 1.807) is 7.11 Å². The minimum absolute atomic E-state index is 0. The molecule has 4 nitrogen and oxygen atoms in total. The van der Waals surface area contributed by atoms with E-state index in [9.17, 15) is 4.79 Å². The lowest BCUT2D eigenvalue weighted by atomic mass is 10.1. The van der Waals surface area contributed by atoms with E-state index >= 15 is 0 Å². The van der Waals surface area contributed by atoms with E-state index in [0.29, 0.717) is 12.5 Å². The standard InChI is InChI=1S/C15H21BrN2O2.ClH/c1-10(11-5-6-14(20-2)13(16)8-11)18-15(19)9-12-4-3-7-17-12;/h5-6,8,10,12,17H,3-4,7,9H2,1-2H3,(H,18,19);1H. The van der Waals surface area contributed by atoms with Crippen molar-refractivity contribution in [2.45, 2.75) is 38.3 Å². The van der Waals surface area contributed by atoms with Crippen LogP contribution in [0.3, 0.4) is 0 Å². The number of hydrogen-bond acceptors (Lipinski definition) is 3. The van der Waals surface area contributed by atoms with E-state index in [0.717, 1.165) is 28.8 Å². The third-order valence-corrected chi connectivity index (χ3v) is 4.27. The number of amides is 1. The molecule has 2 atom stereocenters. The first kappa shape index (κ1) is 18.3. The minimum Gasteiger partial charge on any atom is -0.496 e.